The number of fused-ring (bicyclic) bond motifs is 8. The standard InChI is InChI=1S/2C30H20N4O.CH4.5ClH.2K.2Pt/c2*35-29-14-6-5-13-27(29)33-20-32(25-11-3-4-12-26(25)33)21-16-17-23-22-9-1-2-10-24(22)34(28(23)19-21)30-15-7-8-18-31-30;;;;;;;;;;/h1-18,20,35H;1-20H;1H4;5*1H;;;;/q-2;;;;;;;;;;+2;+4/p-4. The van der Waals surface area contributed by atoms with Crippen molar-refractivity contribution in [3.63, 3.8) is 0 Å². The van der Waals surface area contributed by atoms with Gasteiger partial charge in [0.1, 0.15) is 23.1 Å². The maximum Gasteiger partial charge on any atom is 2.00 e. The Hall–Kier alpha value is -3.57. The fourth-order valence-corrected chi connectivity index (χ4v) is 9.93. The van der Waals surface area contributed by atoms with Crippen molar-refractivity contribution in [1.29, 1.82) is 0 Å². The third-order valence-corrected chi connectivity index (χ3v) is 13.1. The molecule has 0 spiro atoms. The Bertz CT molecular complexity index is 4260. The normalized spacial score (nSPS) is 11.8. The molecule has 0 bridgehead atoms. The van der Waals surface area contributed by atoms with Gasteiger partial charge in [-0.15, -0.1) is 29.9 Å². The molecule has 14 rings (SSSR count). The van der Waals surface area contributed by atoms with Crippen LogP contribution in [0.1, 0.15) is 7.43 Å². The summed E-state index contributed by atoms with van der Waals surface area (Å²) in [4.78, 5) is 13.4. The monoisotopic (exact) mass is 1560 g/mol. The molecule has 398 valence electrons. The van der Waals surface area contributed by atoms with Gasteiger partial charge in [-0.2, -0.15) is 15.2 Å². The summed E-state index contributed by atoms with van der Waals surface area (Å²) in [7, 11) is 20.0. The summed E-state index contributed by atoms with van der Waals surface area (Å²) < 4.78 is 8.58. The molecule has 0 radical (unpaired) electrons. The molecule has 80 heavy (non-hydrogen) atoms. The number of imidazole rings is 1. The van der Waals surface area contributed by atoms with Gasteiger partial charge in [-0.1, -0.05) is 110 Å². The zero-order valence-corrected chi connectivity index (χ0v) is 56.6. The summed E-state index contributed by atoms with van der Waals surface area (Å²) in [5.74, 6) is 2.22. The van der Waals surface area contributed by atoms with Crippen molar-refractivity contribution in [2.24, 2.45) is 0 Å². The summed E-state index contributed by atoms with van der Waals surface area (Å²) in [5.41, 5.74) is 11.8. The second kappa shape index (κ2) is 27.9. The van der Waals surface area contributed by atoms with Crippen LogP contribution in [0.4, 0.5) is 22.7 Å². The number of hydrogen-bond donors (Lipinski definition) is 2. The molecule has 0 saturated carbocycles. The van der Waals surface area contributed by atoms with Crippen LogP contribution >= 0.6 is 37.7 Å². The van der Waals surface area contributed by atoms with Crippen molar-refractivity contribution in [1.82, 2.24) is 23.7 Å². The van der Waals surface area contributed by atoms with Crippen molar-refractivity contribution in [3.05, 3.63) is 244 Å². The molecular weight excluding hydrogens is 1520 g/mol. The van der Waals surface area contributed by atoms with E-state index < -0.39 is 11.9 Å². The van der Waals surface area contributed by atoms with Gasteiger partial charge in [-0.25, -0.2) is 9.97 Å². The summed E-state index contributed by atoms with van der Waals surface area (Å²) >= 11 is -0.556. The number of aromatic hydroxyl groups is 2. The van der Waals surface area contributed by atoms with Gasteiger partial charge in [0.05, 0.1) is 16.7 Å². The van der Waals surface area contributed by atoms with Crippen LogP contribution in [0, 0.1) is 12.7 Å². The van der Waals surface area contributed by atoms with Crippen LogP contribution in [0.5, 0.6) is 11.5 Å². The number of benzene rings is 8. The van der Waals surface area contributed by atoms with Gasteiger partial charge in [-0.3, -0.25) is 4.57 Å². The zero-order chi connectivity index (χ0) is 53.2. The largest absolute Gasteiger partial charge is 2.00 e. The smallest absolute Gasteiger partial charge is 2.00 e. The number of nitrogens with zero attached hydrogens (tertiary/aromatic N) is 8. The Balaban J connectivity index is 0.000000183. The van der Waals surface area contributed by atoms with Crippen LogP contribution in [0.2, 0.25) is 0 Å². The minimum absolute atomic E-state index is 0. The van der Waals surface area contributed by atoms with E-state index in [0.717, 1.165) is 89.6 Å². The molecule has 0 atom stereocenters. The number of phenols is 2. The molecule has 6 heterocycles. The molecule has 0 fully saturated rings. The second-order valence-corrected chi connectivity index (χ2v) is 37.0. The average molecular weight is 1570 g/mol. The van der Waals surface area contributed by atoms with E-state index in [1.807, 2.05) is 132 Å². The minimum atomic E-state index is -3.06. The molecule has 5 aromatic heterocycles. The van der Waals surface area contributed by atoms with Crippen molar-refractivity contribution in [2.45, 2.75) is 7.43 Å². The van der Waals surface area contributed by atoms with Crippen molar-refractivity contribution in [2.75, 3.05) is 9.80 Å². The first-order valence-corrected chi connectivity index (χ1v) is 51.8. The Morgan fingerprint density at radius 1 is 0.500 bits per heavy atom. The third-order valence-electron chi connectivity index (χ3n) is 13.1. The van der Waals surface area contributed by atoms with Crippen LogP contribution in [0.3, 0.4) is 0 Å². The third kappa shape index (κ3) is 12.9. The SMILES string of the molecule is C.Oc1ccccc1-[n+]1cn(-c2ccc3c4ccccc4n(-c4ccccn4)c3c2)c2ccccc21.Oc1ccccc1N1[CH-]N(c2[c-]c3c(cc2)c2ccccc2n3-c2ccccn2)c2ccccc21.[Cl-].[Cl][Pt]([Cl])([Cl])[Cl].[K][K].[Pt+2]. The van der Waals surface area contributed by atoms with Crippen molar-refractivity contribution in [3.8, 4) is 34.5 Å². The van der Waals surface area contributed by atoms with Crippen LogP contribution in [0.25, 0.3) is 77.7 Å². The van der Waals surface area contributed by atoms with Gasteiger partial charge in [0.2, 0.25) is 0 Å². The van der Waals surface area contributed by atoms with E-state index in [-0.39, 0.29) is 52.4 Å². The number of hydrogen-bond acceptors (Lipinski definition) is 6. The fraction of sp³-hybridized carbons (Fsp3) is 0.0164. The number of aromatic nitrogens is 6. The average Bonchev–Trinajstić information content (AvgIpc) is 4.41. The molecule has 1 aliphatic rings. The number of rotatable bonds is 6. The first kappa shape index (κ1) is 62.5. The summed E-state index contributed by atoms with van der Waals surface area (Å²) in [6.45, 7) is 2.01. The summed E-state index contributed by atoms with van der Waals surface area (Å²) in [6.07, 6.45) is 5.68. The quantitative estimate of drug-likeness (QED) is 0.0979. The first-order chi connectivity index (χ1) is 37.6. The Morgan fingerprint density at radius 3 is 1.61 bits per heavy atom. The van der Waals surface area contributed by atoms with Crippen molar-refractivity contribution < 1.29 is 60.1 Å². The van der Waals surface area contributed by atoms with E-state index in [4.69, 9.17) is 37.7 Å². The van der Waals surface area contributed by atoms with Gasteiger partial charge in [0.25, 0.3) is 6.33 Å². The molecule has 0 amide bonds. The van der Waals surface area contributed by atoms with E-state index in [9.17, 15) is 10.2 Å². The molecule has 0 saturated heterocycles. The van der Waals surface area contributed by atoms with E-state index in [1.54, 1.807) is 12.1 Å². The zero-order valence-electron chi connectivity index (χ0n) is 42.0. The Morgan fingerprint density at radius 2 is 0.988 bits per heavy atom. The second-order valence-electron chi connectivity index (χ2n) is 17.3. The van der Waals surface area contributed by atoms with Crippen LogP contribution < -0.4 is 26.8 Å². The fourth-order valence-electron chi connectivity index (χ4n) is 9.93. The molecular formula is C61H45Cl5K2N8O2Pt2. The number of phenolic OH excluding ortho intramolecular Hbond substituents is 2. The molecule has 19 heteroatoms. The first-order valence-electron chi connectivity index (χ1n) is 24.5. The van der Waals surface area contributed by atoms with Crippen LogP contribution in [-0.2, 0) is 33.0 Å². The number of halogens is 5. The molecule has 8 aromatic carbocycles. The van der Waals surface area contributed by atoms with Crippen LogP contribution in [0.15, 0.2) is 231 Å². The van der Waals surface area contributed by atoms with Gasteiger partial charge in [0.15, 0.2) is 22.5 Å². The summed E-state index contributed by atoms with van der Waals surface area (Å²) in [6, 6.07) is 74.4. The maximum atomic E-state index is 10.5. The molecule has 13 aromatic rings. The van der Waals surface area contributed by atoms with E-state index in [1.165, 1.54) is 73.9 Å². The predicted molar refractivity (Wildman–Crippen MR) is 321 cm³/mol. The van der Waals surface area contributed by atoms with Gasteiger partial charge in [0, 0.05) is 46.1 Å². The molecule has 0 unspecified atom stereocenters. The topological polar surface area (TPSA) is 91.4 Å². The van der Waals surface area contributed by atoms with Gasteiger partial charge in [-0.05, 0) is 102 Å². The van der Waals surface area contributed by atoms with Crippen molar-refractivity contribution >= 4 is 178 Å². The number of pyridine rings is 2. The molecule has 2 N–H and O–H groups in total. The van der Waals surface area contributed by atoms with E-state index >= 15 is 0 Å². The minimum Gasteiger partial charge on any atom is 2.00 e. The maximum absolute atomic E-state index is 10.5. The van der Waals surface area contributed by atoms with Gasteiger partial charge < -0.3 is 37.0 Å². The van der Waals surface area contributed by atoms with E-state index in [0.29, 0.717) is 0 Å². The van der Waals surface area contributed by atoms with Crippen LogP contribution in [-0.4, -0.2) is 97.0 Å². The Labute approximate surface area is 548 Å². The number of para-hydroxylation sites is 10. The Kier molecular flexibility index (Phi) is 21.8. The molecule has 10 nitrogen and oxygen atoms in total. The predicted octanol–water partition coefficient (Wildman–Crippen LogP) is 12.8. The van der Waals surface area contributed by atoms with Gasteiger partial charge >= 0.3 is 134 Å². The molecule has 1 aliphatic heterocycles. The number of anilines is 4. The molecule has 0 aliphatic carbocycles. The van der Waals surface area contributed by atoms with E-state index in [2.05, 4.69) is 138 Å². The summed E-state index contributed by atoms with van der Waals surface area (Å²) in [5, 5.41) is 25.8.